The molecule has 0 radical (unpaired) electrons. The van der Waals surface area contributed by atoms with Crippen molar-refractivity contribution in [2.45, 2.75) is 38.9 Å². The molecule has 1 saturated heterocycles. The number of carbonyl (C=O) groups excluding carboxylic acids is 1. The zero-order valence-corrected chi connectivity index (χ0v) is 13.0. The molecule has 0 N–H and O–H groups in total. The van der Waals surface area contributed by atoms with Crippen LogP contribution in [0.1, 0.15) is 27.7 Å². The second-order valence-electron chi connectivity index (χ2n) is 6.42. The van der Waals surface area contributed by atoms with E-state index in [0.717, 1.165) is 5.46 Å². The lowest BCUT2D eigenvalue weighted by Gasteiger charge is -2.32. The van der Waals surface area contributed by atoms with E-state index in [-0.39, 0.29) is 12.5 Å². The van der Waals surface area contributed by atoms with Crippen molar-refractivity contribution in [1.82, 2.24) is 4.98 Å². The molecule has 6 nitrogen and oxygen atoms in total. The lowest BCUT2D eigenvalue weighted by atomic mass is 9.80. The van der Waals surface area contributed by atoms with Gasteiger partial charge < -0.3 is 18.9 Å². The standard InChI is InChI=1S/C14H19BN2O4/c1-13(2)14(3,4)21-15(20-13)9-6-10-12(16-7-9)19-8-11(18)17(10)5/h6-7H,8H2,1-5H3. The molecule has 1 amide bonds. The van der Waals surface area contributed by atoms with Gasteiger partial charge in [0, 0.05) is 18.7 Å². The van der Waals surface area contributed by atoms with Crippen LogP contribution in [0.25, 0.3) is 0 Å². The summed E-state index contributed by atoms with van der Waals surface area (Å²) in [4.78, 5) is 17.5. The van der Waals surface area contributed by atoms with Gasteiger partial charge in [0.15, 0.2) is 6.61 Å². The fourth-order valence-corrected chi connectivity index (χ4v) is 2.28. The van der Waals surface area contributed by atoms with Crippen LogP contribution < -0.4 is 15.1 Å². The molecule has 1 fully saturated rings. The van der Waals surface area contributed by atoms with Crippen molar-refractivity contribution < 1.29 is 18.8 Å². The Bertz CT molecular complexity index is 587. The Morgan fingerprint density at radius 3 is 2.48 bits per heavy atom. The largest absolute Gasteiger partial charge is 0.496 e. The van der Waals surface area contributed by atoms with E-state index in [1.54, 1.807) is 18.1 Å². The van der Waals surface area contributed by atoms with E-state index in [1.807, 2.05) is 33.8 Å². The number of aromatic nitrogens is 1. The number of hydrogen-bond acceptors (Lipinski definition) is 5. The predicted octanol–water partition coefficient (Wildman–Crippen LogP) is 0.736. The monoisotopic (exact) mass is 290 g/mol. The normalized spacial score (nSPS) is 23.0. The van der Waals surface area contributed by atoms with Gasteiger partial charge in [-0.05, 0) is 33.8 Å². The van der Waals surface area contributed by atoms with Crippen molar-refractivity contribution in [3.63, 3.8) is 0 Å². The third-order valence-electron chi connectivity index (χ3n) is 4.45. The summed E-state index contributed by atoms with van der Waals surface area (Å²) in [5, 5.41) is 0. The Morgan fingerprint density at radius 2 is 1.86 bits per heavy atom. The van der Waals surface area contributed by atoms with Crippen LogP contribution in [-0.4, -0.2) is 42.9 Å². The first-order valence-corrected chi connectivity index (χ1v) is 6.96. The van der Waals surface area contributed by atoms with Gasteiger partial charge in [-0.25, -0.2) is 4.98 Å². The molecular weight excluding hydrogens is 271 g/mol. The lowest BCUT2D eigenvalue weighted by molar-refractivity contribution is -0.121. The van der Waals surface area contributed by atoms with E-state index in [2.05, 4.69) is 4.98 Å². The quantitative estimate of drug-likeness (QED) is 0.714. The highest BCUT2D eigenvalue weighted by Gasteiger charge is 2.52. The number of pyridine rings is 1. The fraction of sp³-hybridized carbons (Fsp3) is 0.571. The number of rotatable bonds is 1. The Kier molecular flexibility index (Phi) is 3.04. The highest BCUT2D eigenvalue weighted by atomic mass is 16.7. The molecule has 21 heavy (non-hydrogen) atoms. The number of fused-ring (bicyclic) bond motifs is 1. The van der Waals surface area contributed by atoms with Crippen LogP contribution in [0.15, 0.2) is 12.3 Å². The minimum absolute atomic E-state index is 0.0202. The summed E-state index contributed by atoms with van der Waals surface area (Å²) >= 11 is 0. The number of nitrogens with zero attached hydrogens (tertiary/aromatic N) is 2. The Balaban J connectivity index is 1.94. The van der Waals surface area contributed by atoms with Gasteiger partial charge >= 0.3 is 7.12 Å². The third-order valence-corrected chi connectivity index (χ3v) is 4.45. The summed E-state index contributed by atoms with van der Waals surface area (Å²) in [5.41, 5.74) is 0.591. The molecule has 0 bridgehead atoms. The molecule has 7 heteroatoms. The van der Waals surface area contributed by atoms with Crippen LogP contribution in [0, 0.1) is 0 Å². The molecule has 0 atom stereocenters. The third kappa shape index (κ3) is 2.20. The maximum Gasteiger partial charge on any atom is 0.496 e. The lowest BCUT2D eigenvalue weighted by Crippen LogP contribution is -2.41. The van der Waals surface area contributed by atoms with Crippen molar-refractivity contribution in [3.8, 4) is 5.88 Å². The molecule has 0 aromatic carbocycles. The van der Waals surface area contributed by atoms with Crippen LogP contribution >= 0.6 is 0 Å². The minimum atomic E-state index is -0.502. The van der Waals surface area contributed by atoms with Crippen LogP contribution in [0.5, 0.6) is 5.88 Å². The first kappa shape index (κ1) is 14.3. The van der Waals surface area contributed by atoms with Crippen molar-refractivity contribution in [2.75, 3.05) is 18.6 Å². The van der Waals surface area contributed by atoms with E-state index in [1.165, 1.54) is 0 Å². The summed E-state index contributed by atoms with van der Waals surface area (Å²) in [6.45, 7) is 8.01. The minimum Gasteiger partial charge on any atom is -0.466 e. The highest BCUT2D eigenvalue weighted by molar-refractivity contribution is 6.62. The first-order valence-electron chi connectivity index (χ1n) is 6.96. The Morgan fingerprint density at radius 1 is 1.24 bits per heavy atom. The van der Waals surface area contributed by atoms with Crippen molar-refractivity contribution in [3.05, 3.63) is 12.3 Å². The van der Waals surface area contributed by atoms with Gasteiger partial charge in [0.2, 0.25) is 5.88 Å². The molecule has 0 saturated carbocycles. The molecule has 1 aromatic heterocycles. The number of carbonyl (C=O) groups is 1. The van der Waals surface area contributed by atoms with E-state index >= 15 is 0 Å². The van der Waals surface area contributed by atoms with Gasteiger partial charge in [0.05, 0.1) is 11.2 Å². The SMILES string of the molecule is CN1C(=O)COc2ncc(B3OC(C)(C)C(C)(C)O3)cc21. The van der Waals surface area contributed by atoms with E-state index in [0.29, 0.717) is 11.6 Å². The van der Waals surface area contributed by atoms with Crippen molar-refractivity contribution in [1.29, 1.82) is 0 Å². The Labute approximate surface area is 124 Å². The number of anilines is 1. The van der Waals surface area contributed by atoms with Gasteiger partial charge in [-0.1, -0.05) is 0 Å². The summed E-state index contributed by atoms with van der Waals surface area (Å²) in [5.74, 6) is 0.354. The maximum absolute atomic E-state index is 11.7. The van der Waals surface area contributed by atoms with Crippen molar-refractivity contribution >= 4 is 24.2 Å². The first-order chi connectivity index (χ1) is 9.71. The zero-order valence-electron chi connectivity index (χ0n) is 13.0. The second-order valence-corrected chi connectivity index (χ2v) is 6.42. The highest BCUT2D eigenvalue weighted by Crippen LogP contribution is 2.37. The van der Waals surface area contributed by atoms with Gasteiger partial charge in [0.25, 0.3) is 5.91 Å². The van der Waals surface area contributed by atoms with Crippen LogP contribution in [0.2, 0.25) is 0 Å². The molecule has 2 aliphatic rings. The van der Waals surface area contributed by atoms with E-state index in [4.69, 9.17) is 14.0 Å². The molecule has 0 spiro atoms. The van der Waals surface area contributed by atoms with E-state index < -0.39 is 18.3 Å². The van der Waals surface area contributed by atoms with Crippen LogP contribution in [0.4, 0.5) is 5.69 Å². The fourth-order valence-electron chi connectivity index (χ4n) is 2.28. The molecule has 3 heterocycles. The predicted molar refractivity (Wildman–Crippen MR) is 78.9 cm³/mol. The molecule has 0 aliphatic carbocycles. The average Bonchev–Trinajstić information content (AvgIpc) is 2.63. The van der Waals surface area contributed by atoms with Gasteiger partial charge in [-0.3, -0.25) is 4.79 Å². The second kappa shape index (κ2) is 4.45. The molecular formula is C14H19BN2O4. The summed E-state index contributed by atoms with van der Waals surface area (Å²) in [6, 6.07) is 1.83. The molecule has 112 valence electrons. The van der Waals surface area contributed by atoms with Gasteiger partial charge in [-0.2, -0.15) is 0 Å². The zero-order chi connectivity index (χ0) is 15.4. The molecule has 3 rings (SSSR count). The average molecular weight is 290 g/mol. The number of amides is 1. The van der Waals surface area contributed by atoms with Gasteiger partial charge in [0.1, 0.15) is 5.69 Å². The number of hydrogen-bond donors (Lipinski definition) is 0. The Hall–Kier alpha value is -1.60. The summed E-state index contributed by atoms with van der Waals surface area (Å²) < 4.78 is 17.3. The van der Waals surface area contributed by atoms with Crippen molar-refractivity contribution in [2.24, 2.45) is 0 Å². The van der Waals surface area contributed by atoms with Crippen LogP contribution in [-0.2, 0) is 14.1 Å². The van der Waals surface area contributed by atoms with Crippen LogP contribution in [0.3, 0.4) is 0 Å². The number of ether oxygens (including phenoxy) is 1. The summed E-state index contributed by atoms with van der Waals surface area (Å²) in [7, 11) is 1.21. The smallest absolute Gasteiger partial charge is 0.466 e. The molecule has 0 unspecified atom stereocenters. The molecule has 1 aromatic rings. The van der Waals surface area contributed by atoms with Gasteiger partial charge in [-0.15, -0.1) is 0 Å². The summed E-state index contributed by atoms with van der Waals surface area (Å²) in [6.07, 6.45) is 1.67. The van der Waals surface area contributed by atoms with E-state index in [9.17, 15) is 4.79 Å². The molecule has 2 aliphatic heterocycles. The topological polar surface area (TPSA) is 60.9 Å². The number of likely N-dealkylation sites (N-methyl/N-ethyl adjacent to an activating group) is 1. The maximum atomic E-state index is 11.7.